The normalized spacial score (nSPS) is 13.9. The molecule has 0 fully saturated rings. The maximum atomic E-state index is 12.3. The summed E-state index contributed by atoms with van der Waals surface area (Å²) in [5.41, 5.74) is 5.66. The van der Waals surface area contributed by atoms with E-state index in [-0.39, 0.29) is 23.0 Å². The van der Waals surface area contributed by atoms with Gasteiger partial charge in [0.05, 0.1) is 6.33 Å². The van der Waals surface area contributed by atoms with E-state index in [1.165, 1.54) is 6.33 Å². The van der Waals surface area contributed by atoms with Crippen LogP contribution < -0.4 is 10.5 Å². The van der Waals surface area contributed by atoms with Crippen LogP contribution in [0.15, 0.2) is 6.33 Å². The van der Waals surface area contributed by atoms with Crippen molar-refractivity contribution < 1.29 is 17.9 Å². The average Bonchev–Trinajstić information content (AvgIpc) is 2.63. The van der Waals surface area contributed by atoms with Gasteiger partial charge in [0.25, 0.3) is 0 Å². The number of nitrogen functional groups attached to an aromatic ring is 1. The van der Waals surface area contributed by atoms with E-state index in [4.69, 9.17) is 10.5 Å². The molecule has 0 spiro atoms. The molecule has 1 unspecified atom stereocenters. The molecule has 0 saturated carbocycles. The van der Waals surface area contributed by atoms with Crippen LogP contribution in [0.5, 0.6) is 5.88 Å². The molecule has 92 valence electrons. The number of nitrogens with two attached hydrogens (primary N) is 1. The largest absolute Gasteiger partial charge is 0.463 e. The van der Waals surface area contributed by atoms with Gasteiger partial charge in [0.1, 0.15) is 5.52 Å². The summed E-state index contributed by atoms with van der Waals surface area (Å²) in [5.74, 6) is -0.469. The number of alkyl halides is 3. The van der Waals surface area contributed by atoms with Gasteiger partial charge in [-0.1, -0.05) is 0 Å². The zero-order valence-electron chi connectivity index (χ0n) is 8.62. The Hall–Kier alpha value is -2.06. The number of ether oxygens (including phenoxy) is 1. The molecule has 0 aliphatic rings. The number of aromatic amines is 1. The third-order valence-corrected chi connectivity index (χ3v) is 2.02. The predicted molar refractivity (Wildman–Crippen MR) is 52.2 cm³/mol. The molecule has 0 aromatic carbocycles. The minimum Gasteiger partial charge on any atom is -0.463 e. The smallest absolute Gasteiger partial charge is 0.425 e. The van der Waals surface area contributed by atoms with Crippen molar-refractivity contribution in [3.63, 3.8) is 0 Å². The molecule has 0 radical (unpaired) electrons. The first kappa shape index (κ1) is 11.4. The number of nitrogens with zero attached hydrogens (tertiary/aromatic N) is 3. The highest BCUT2D eigenvalue weighted by Crippen LogP contribution is 2.27. The minimum atomic E-state index is -4.48. The Bertz CT molecular complexity index is 537. The van der Waals surface area contributed by atoms with Gasteiger partial charge >= 0.3 is 6.18 Å². The van der Waals surface area contributed by atoms with Crippen LogP contribution in [0.4, 0.5) is 19.1 Å². The molecular weight excluding hydrogens is 239 g/mol. The molecule has 3 N–H and O–H groups in total. The van der Waals surface area contributed by atoms with Crippen LogP contribution in [0.3, 0.4) is 0 Å². The molecule has 17 heavy (non-hydrogen) atoms. The van der Waals surface area contributed by atoms with Crippen molar-refractivity contribution in [1.82, 2.24) is 19.9 Å². The Balaban J connectivity index is 2.38. The second-order valence-corrected chi connectivity index (χ2v) is 3.29. The lowest BCUT2D eigenvalue weighted by Gasteiger charge is -2.16. The molecule has 6 nitrogen and oxygen atoms in total. The minimum absolute atomic E-state index is 0.155. The van der Waals surface area contributed by atoms with Gasteiger partial charge in [-0.05, 0) is 6.92 Å². The Morgan fingerprint density at radius 1 is 1.41 bits per heavy atom. The number of halogens is 3. The highest BCUT2D eigenvalue weighted by Gasteiger charge is 2.38. The van der Waals surface area contributed by atoms with Crippen LogP contribution in [0.1, 0.15) is 6.92 Å². The van der Waals surface area contributed by atoms with Crippen molar-refractivity contribution in [2.45, 2.75) is 19.2 Å². The number of imidazole rings is 1. The zero-order valence-corrected chi connectivity index (χ0v) is 8.62. The predicted octanol–water partition coefficient (Wildman–Crippen LogP) is 1.26. The number of fused-ring (bicyclic) bond motifs is 1. The summed E-state index contributed by atoms with van der Waals surface area (Å²) >= 11 is 0. The van der Waals surface area contributed by atoms with Crippen molar-refractivity contribution in [3.05, 3.63) is 6.33 Å². The molecule has 2 rings (SSSR count). The summed E-state index contributed by atoms with van der Waals surface area (Å²) in [6.45, 7) is 0.875. The summed E-state index contributed by atoms with van der Waals surface area (Å²) in [4.78, 5) is 13.7. The fourth-order valence-electron chi connectivity index (χ4n) is 1.14. The number of H-pyrrole nitrogens is 1. The van der Waals surface area contributed by atoms with E-state index < -0.39 is 12.3 Å². The third kappa shape index (κ3) is 2.22. The van der Waals surface area contributed by atoms with Crippen LogP contribution in [-0.2, 0) is 0 Å². The van der Waals surface area contributed by atoms with Gasteiger partial charge in [-0.15, -0.1) is 0 Å². The second kappa shape index (κ2) is 3.75. The lowest BCUT2D eigenvalue weighted by molar-refractivity contribution is -0.189. The van der Waals surface area contributed by atoms with Gasteiger partial charge in [-0.3, -0.25) is 0 Å². The lowest BCUT2D eigenvalue weighted by Crippen LogP contribution is -2.31. The SMILES string of the molecule is CC(Oc1nc(N)nc2nc[nH]c12)C(F)(F)F. The number of anilines is 1. The quantitative estimate of drug-likeness (QED) is 0.833. The van der Waals surface area contributed by atoms with Gasteiger partial charge in [0.15, 0.2) is 11.8 Å². The third-order valence-electron chi connectivity index (χ3n) is 2.02. The molecule has 9 heteroatoms. The molecule has 1 atom stereocenters. The first-order valence-corrected chi connectivity index (χ1v) is 4.58. The van der Waals surface area contributed by atoms with Crippen molar-refractivity contribution in [2.75, 3.05) is 5.73 Å². The molecule has 0 aliphatic heterocycles. The van der Waals surface area contributed by atoms with Crippen LogP contribution in [0.25, 0.3) is 11.2 Å². The summed E-state index contributed by atoms with van der Waals surface area (Å²) in [7, 11) is 0. The highest BCUT2D eigenvalue weighted by molar-refractivity contribution is 5.76. The molecular formula is C8H8F3N5O. The molecule has 0 bridgehead atoms. The average molecular weight is 247 g/mol. The summed E-state index contributed by atoms with van der Waals surface area (Å²) < 4.78 is 41.7. The first-order chi connectivity index (χ1) is 7.88. The van der Waals surface area contributed by atoms with E-state index >= 15 is 0 Å². The fourth-order valence-corrected chi connectivity index (χ4v) is 1.14. The maximum absolute atomic E-state index is 12.3. The standard InChI is InChI=1S/C8H8F3N5O/c1-3(8(9,10)11)17-6-4-5(14-2-13-4)15-7(12)16-6/h2-3H,1H3,(H3,12,13,14,15,16). The van der Waals surface area contributed by atoms with Crippen LogP contribution in [0, 0.1) is 0 Å². The maximum Gasteiger partial charge on any atom is 0.425 e. The number of hydrogen-bond acceptors (Lipinski definition) is 5. The Labute approximate surface area is 93.0 Å². The lowest BCUT2D eigenvalue weighted by atomic mass is 10.4. The van der Waals surface area contributed by atoms with E-state index in [1.54, 1.807) is 0 Å². The van der Waals surface area contributed by atoms with Gasteiger partial charge in [0, 0.05) is 0 Å². The van der Waals surface area contributed by atoms with Crippen LogP contribution in [0.2, 0.25) is 0 Å². The molecule has 0 saturated heterocycles. The molecule has 0 aliphatic carbocycles. The van der Waals surface area contributed by atoms with Gasteiger partial charge in [-0.2, -0.15) is 23.1 Å². The monoisotopic (exact) mass is 247 g/mol. The fraction of sp³-hybridized carbons (Fsp3) is 0.375. The topological polar surface area (TPSA) is 89.7 Å². The zero-order chi connectivity index (χ0) is 12.6. The number of hydrogen-bond donors (Lipinski definition) is 2. The van der Waals surface area contributed by atoms with Crippen molar-refractivity contribution in [1.29, 1.82) is 0 Å². The number of nitrogens with one attached hydrogen (secondary N) is 1. The van der Waals surface area contributed by atoms with Crippen molar-refractivity contribution in [3.8, 4) is 5.88 Å². The van der Waals surface area contributed by atoms with Crippen LogP contribution in [-0.4, -0.2) is 32.2 Å². The van der Waals surface area contributed by atoms with Gasteiger partial charge < -0.3 is 15.5 Å². The summed E-state index contributed by atoms with van der Waals surface area (Å²) in [5, 5.41) is 0. The number of rotatable bonds is 2. The first-order valence-electron chi connectivity index (χ1n) is 4.58. The second-order valence-electron chi connectivity index (χ2n) is 3.29. The van der Waals surface area contributed by atoms with E-state index in [9.17, 15) is 13.2 Å². The molecule has 2 aromatic rings. The van der Waals surface area contributed by atoms with Gasteiger partial charge in [-0.25, -0.2) is 4.98 Å². The Kier molecular flexibility index (Phi) is 2.52. The van der Waals surface area contributed by atoms with Crippen molar-refractivity contribution in [2.24, 2.45) is 0 Å². The molecule has 0 amide bonds. The number of aromatic nitrogens is 4. The molecule has 2 aromatic heterocycles. The summed E-state index contributed by atoms with van der Waals surface area (Å²) in [6, 6.07) is 0. The van der Waals surface area contributed by atoms with Crippen molar-refractivity contribution >= 4 is 17.1 Å². The Morgan fingerprint density at radius 2 is 2.12 bits per heavy atom. The van der Waals surface area contributed by atoms with Gasteiger partial charge in [0.2, 0.25) is 11.8 Å². The highest BCUT2D eigenvalue weighted by atomic mass is 19.4. The van der Waals surface area contributed by atoms with E-state index in [2.05, 4.69) is 19.9 Å². The molecule has 2 heterocycles. The van der Waals surface area contributed by atoms with E-state index in [1.807, 2.05) is 0 Å². The summed E-state index contributed by atoms with van der Waals surface area (Å²) in [6.07, 6.45) is -5.21. The van der Waals surface area contributed by atoms with Crippen LogP contribution >= 0.6 is 0 Å². The van der Waals surface area contributed by atoms with E-state index in [0.717, 1.165) is 6.92 Å². The Morgan fingerprint density at radius 3 is 2.76 bits per heavy atom. The van der Waals surface area contributed by atoms with E-state index in [0.29, 0.717) is 0 Å².